The van der Waals surface area contributed by atoms with Gasteiger partial charge in [-0.25, -0.2) is 0 Å². The molecule has 23 heavy (non-hydrogen) atoms. The molecule has 1 amide bonds. The number of nitrogens with one attached hydrogen (secondary N) is 2. The van der Waals surface area contributed by atoms with Crippen molar-refractivity contribution in [1.29, 1.82) is 0 Å². The van der Waals surface area contributed by atoms with Gasteiger partial charge in [0.05, 0.1) is 6.54 Å². The largest absolute Gasteiger partial charge is 0.355 e. The molecule has 2 rings (SSSR count). The molecule has 138 valence electrons. The molecular weight excluding hydrogens is 333 g/mol. The first-order valence-corrected chi connectivity index (χ1v) is 8.83. The monoisotopic (exact) mass is 367 g/mol. The van der Waals surface area contributed by atoms with E-state index in [1.165, 1.54) is 51.7 Å². The van der Waals surface area contributed by atoms with E-state index in [4.69, 9.17) is 0 Å². The lowest BCUT2D eigenvalue weighted by molar-refractivity contribution is -0.120. The lowest BCUT2D eigenvalue weighted by atomic mass is 9.96. The van der Waals surface area contributed by atoms with Crippen LogP contribution in [0.5, 0.6) is 0 Å². The summed E-state index contributed by atoms with van der Waals surface area (Å²) in [5.41, 5.74) is 0. The van der Waals surface area contributed by atoms with Gasteiger partial charge in [-0.1, -0.05) is 13.8 Å². The lowest BCUT2D eigenvalue weighted by Gasteiger charge is -2.32. The number of likely N-dealkylation sites (tertiary alicyclic amines) is 1. The summed E-state index contributed by atoms with van der Waals surface area (Å²) in [5.74, 6) is 2.48. The Morgan fingerprint density at radius 1 is 1.04 bits per heavy atom. The standard InChI is InChI=1S/C17H33N3O.2ClH/c1-14(2)5-8-20-9-6-16(7-10-20)12-19-17(21)13-18-11-15-3-4-15;;/h14-16,18H,3-13H2,1-2H3,(H,19,21);2*1H. The van der Waals surface area contributed by atoms with Crippen LogP contribution in [0, 0.1) is 17.8 Å². The van der Waals surface area contributed by atoms with Gasteiger partial charge in [-0.15, -0.1) is 24.8 Å². The van der Waals surface area contributed by atoms with Crippen molar-refractivity contribution in [3.8, 4) is 0 Å². The van der Waals surface area contributed by atoms with Gasteiger partial charge in [0.2, 0.25) is 5.91 Å². The summed E-state index contributed by atoms with van der Waals surface area (Å²) in [4.78, 5) is 14.3. The van der Waals surface area contributed by atoms with E-state index < -0.39 is 0 Å². The summed E-state index contributed by atoms with van der Waals surface area (Å²) in [6.07, 6.45) is 6.43. The fourth-order valence-electron chi connectivity index (χ4n) is 2.89. The second kappa shape index (κ2) is 12.3. The van der Waals surface area contributed by atoms with E-state index in [0.717, 1.165) is 24.9 Å². The van der Waals surface area contributed by atoms with Gasteiger partial charge in [-0.2, -0.15) is 0 Å². The molecule has 0 aromatic carbocycles. The highest BCUT2D eigenvalue weighted by molar-refractivity contribution is 5.85. The van der Waals surface area contributed by atoms with Crippen molar-refractivity contribution in [2.24, 2.45) is 17.8 Å². The van der Waals surface area contributed by atoms with Crippen LogP contribution in [-0.4, -0.2) is 50.1 Å². The molecular formula is C17H35Cl2N3O. The third-order valence-corrected chi connectivity index (χ3v) is 4.73. The summed E-state index contributed by atoms with van der Waals surface area (Å²) < 4.78 is 0. The van der Waals surface area contributed by atoms with Gasteiger partial charge < -0.3 is 15.5 Å². The molecule has 4 nitrogen and oxygen atoms in total. The molecule has 6 heteroatoms. The maximum absolute atomic E-state index is 11.7. The number of hydrogen-bond donors (Lipinski definition) is 2. The third kappa shape index (κ3) is 10.4. The average Bonchev–Trinajstić information content (AvgIpc) is 3.28. The van der Waals surface area contributed by atoms with Gasteiger partial charge in [0, 0.05) is 6.54 Å². The fraction of sp³-hybridized carbons (Fsp3) is 0.941. The molecule has 2 N–H and O–H groups in total. The second-order valence-corrected chi connectivity index (χ2v) is 7.35. The number of amides is 1. The number of rotatable bonds is 9. The number of hydrogen-bond acceptors (Lipinski definition) is 3. The summed E-state index contributed by atoms with van der Waals surface area (Å²) in [6, 6.07) is 0. The van der Waals surface area contributed by atoms with Crippen LogP contribution in [0.2, 0.25) is 0 Å². The molecule has 0 aromatic rings. The summed E-state index contributed by atoms with van der Waals surface area (Å²) in [6.45, 7) is 10.6. The van der Waals surface area contributed by atoms with Crippen LogP contribution in [-0.2, 0) is 4.79 Å². The first kappa shape index (κ1) is 23.0. The SMILES string of the molecule is CC(C)CCN1CCC(CNC(=O)CNCC2CC2)CC1.Cl.Cl. The third-order valence-electron chi connectivity index (χ3n) is 4.73. The smallest absolute Gasteiger partial charge is 0.233 e. The van der Waals surface area contributed by atoms with Crippen LogP contribution >= 0.6 is 24.8 Å². The predicted molar refractivity (Wildman–Crippen MR) is 102 cm³/mol. The quantitative estimate of drug-likeness (QED) is 0.658. The second-order valence-electron chi connectivity index (χ2n) is 7.35. The maximum atomic E-state index is 11.7. The topological polar surface area (TPSA) is 44.4 Å². The molecule has 1 aliphatic heterocycles. The van der Waals surface area contributed by atoms with E-state index in [2.05, 4.69) is 29.4 Å². The number of halogens is 2. The Balaban J connectivity index is 0.00000242. The van der Waals surface area contributed by atoms with Gasteiger partial charge in [0.25, 0.3) is 0 Å². The fourth-order valence-corrected chi connectivity index (χ4v) is 2.89. The highest BCUT2D eigenvalue weighted by Crippen LogP contribution is 2.27. The molecule has 0 radical (unpaired) electrons. The lowest BCUT2D eigenvalue weighted by Crippen LogP contribution is -2.41. The number of piperidine rings is 1. The Kier molecular flexibility index (Phi) is 12.3. The molecule has 1 heterocycles. The molecule has 0 aromatic heterocycles. The molecule has 1 saturated heterocycles. The molecule has 2 fully saturated rings. The van der Waals surface area contributed by atoms with Crippen molar-refractivity contribution in [3.05, 3.63) is 0 Å². The van der Waals surface area contributed by atoms with Crippen molar-refractivity contribution in [1.82, 2.24) is 15.5 Å². The van der Waals surface area contributed by atoms with Crippen LogP contribution in [0.15, 0.2) is 0 Å². The first-order chi connectivity index (χ1) is 10.1. The summed E-state index contributed by atoms with van der Waals surface area (Å²) >= 11 is 0. The van der Waals surface area contributed by atoms with E-state index in [0.29, 0.717) is 12.5 Å². The Morgan fingerprint density at radius 2 is 1.65 bits per heavy atom. The molecule has 2 aliphatic rings. The highest BCUT2D eigenvalue weighted by Gasteiger charge is 2.21. The number of carbonyl (C=O) groups excluding carboxylic acids is 1. The molecule has 0 spiro atoms. The molecule has 1 saturated carbocycles. The zero-order valence-electron chi connectivity index (χ0n) is 14.7. The van der Waals surface area contributed by atoms with Gasteiger partial charge >= 0.3 is 0 Å². The van der Waals surface area contributed by atoms with Gasteiger partial charge in [-0.05, 0) is 76.0 Å². The van der Waals surface area contributed by atoms with Crippen LogP contribution in [0.3, 0.4) is 0 Å². The van der Waals surface area contributed by atoms with Crippen LogP contribution in [0.25, 0.3) is 0 Å². The Bertz CT molecular complexity index is 317. The minimum absolute atomic E-state index is 0. The summed E-state index contributed by atoms with van der Waals surface area (Å²) in [7, 11) is 0. The maximum Gasteiger partial charge on any atom is 0.233 e. The van der Waals surface area contributed by atoms with Crippen molar-refractivity contribution in [2.45, 2.75) is 46.0 Å². The van der Waals surface area contributed by atoms with Crippen LogP contribution in [0.4, 0.5) is 0 Å². The minimum atomic E-state index is 0. The number of nitrogens with zero attached hydrogens (tertiary/aromatic N) is 1. The van der Waals surface area contributed by atoms with Gasteiger partial charge in [0.15, 0.2) is 0 Å². The Hall–Kier alpha value is -0.0300. The summed E-state index contributed by atoms with van der Waals surface area (Å²) in [5, 5.41) is 6.34. The van der Waals surface area contributed by atoms with Crippen LogP contribution in [0.1, 0.15) is 46.0 Å². The zero-order chi connectivity index (χ0) is 15.1. The first-order valence-electron chi connectivity index (χ1n) is 8.83. The highest BCUT2D eigenvalue weighted by atomic mass is 35.5. The van der Waals surface area contributed by atoms with E-state index >= 15 is 0 Å². The van der Waals surface area contributed by atoms with Gasteiger partial charge in [-0.3, -0.25) is 4.79 Å². The molecule has 1 aliphatic carbocycles. The molecule has 0 atom stereocenters. The van der Waals surface area contributed by atoms with Gasteiger partial charge in [0.1, 0.15) is 0 Å². The molecule has 0 bridgehead atoms. The Morgan fingerprint density at radius 3 is 2.22 bits per heavy atom. The molecule has 0 unspecified atom stereocenters. The van der Waals surface area contributed by atoms with E-state index in [1.807, 2.05) is 0 Å². The van der Waals surface area contributed by atoms with Crippen molar-refractivity contribution in [2.75, 3.05) is 39.3 Å². The van der Waals surface area contributed by atoms with E-state index in [9.17, 15) is 4.79 Å². The van der Waals surface area contributed by atoms with Crippen LogP contribution < -0.4 is 10.6 Å². The average molecular weight is 368 g/mol. The zero-order valence-corrected chi connectivity index (χ0v) is 16.3. The Labute approximate surface area is 154 Å². The van der Waals surface area contributed by atoms with Crippen molar-refractivity contribution >= 4 is 30.7 Å². The van der Waals surface area contributed by atoms with E-state index in [-0.39, 0.29) is 30.7 Å². The predicted octanol–water partition coefficient (Wildman–Crippen LogP) is 2.70. The van der Waals surface area contributed by atoms with E-state index in [1.54, 1.807) is 0 Å². The number of carbonyl (C=O) groups is 1. The minimum Gasteiger partial charge on any atom is -0.355 e. The normalized spacial score (nSPS) is 19.1. The van der Waals surface area contributed by atoms with Crippen molar-refractivity contribution in [3.63, 3.8) is 0 Å². The van der Waals surface area contributed by atoms with Crippen molar-refractivity contribution < 1.29 is 4.79 Å².